The molecule has 0 bridgehead atoms. The van der Waals surface area contributed by atoms with Gasteiger partial charge < -0.3 is 0 Å². The van der Waals surface area contributed by atoms with Gasteiger partial charge in [0, 0.05) is 19.2 Å². The number of hydrogen-bond donors (Lipinski definition) is 0. The highest BCUT2D eigenvalue weighted by molar-refractivity contribution is 5.74. The molecule has 0 saturated carbocycles. The van der Waals surface area contributed by atoms with Gasteiger partial charge >= 0.3 is 0 Å². The summed E-state index contributed by atoms with van der Waals surface area (Å²) in [5.74, 6) is 0. The van der Waals surface area contributed by atoms with Gasteiger partial charge in [-0.3, -0.25) is 4.99 Å². The SMILES string of the molecule is C1=NC=NCC1. The maximum atomic E-state index is 3.85. The predicted molar refractivity (Wildman–Crippen MR) is 26.5 cm³/mol. The minimum atomic E-state index is 0.920. The van der Waals surface area contributed by atoms with Gasteiger partial charge in [0.15, 0.2) is 0 Å². The van der Waals surface area contributed by atoms with E-state index in [0.717, 1.165) is 13.0 Å². The molecule has 2 heteroatoms. The lowest BCUT2D eigenvalue weighted by Crippen LogP contribution is -1.87. The van der Waals surface area contributed by atoms with Crippen LogP contribution in [-0.2, 0) is 0 Å². The number of aliphatic imine (C=N–C) groups is 2. The van der Waals surface area contributed by atoms with Gasteiger partial charge in [0.1, 0.15) is 6.34 Å². The molecule has 2 nitrogen and oxygen atoms in total. The van der Waals surface area contributed by atoms with E-state index in [1.54, 1.807) is 6.34 Å². The van der Waals surface area contributed by atoms with Crippen LogP contribution in [0, 0.1) is 0 Å². The molecule has 0 aromatic heterocycles. The molecule has 0 unspecified atom stereocenters. The van der Waals surface area contributed by atoms with Gasteiger partial charge in [-0.15, -0.1) is 0 Å². The minimum Gasteiger partial charge on any atom is -0.273 e. The fraction of sp³-hybridized carbons (Fsp3) is 0.500. The highest BCUT2D eigenvalue weighted by atomic mass is 14.9. The monoisotopic (exact) mass is 82.1 g/mol. The van der Waals surface area contributed by atoms with Crippen LogP contribution in [0.1, 0.15) is 6.42 Å². The summed E-state index contributed by atoms with van der Waals surface area (Å²) in [7, 11) is 0. The lowest BCUT2D eigenvalue weighted by atomic mass is 10.4. The van der Waals surface area contributed by atoms with Crippen LogP contribution in [0.5, 0.6) is 0 Å². The van der Waals surface area contributed by atoms with Crippen molar-refractivity contribution in [3.8, 4) is 0 Å². The largest absolute Gasteiger partial charge is 0.273 e. The van der Waals surface area contributed by atoms with Gasteiger partial charge in [-0.05, 0) is 0 Å². The van der Waals surface area contributed by atoms with Crippen molar-refractivity contribution in [1.29, 1.82) is 0 Å². The highest BCUT2D eigenvalue weighted by Gasteiger charge is 1.79. The van der Waals surface area contributed by atoms with Gasteiger partial charge in [0.25, 0.3) is 0 Å². The third-order valence-corrected chi connectivity index (χ3v) is 0.641. The Labute approximate surface area is 36.6 Å². The van der Waals surface area contributed by atoms with Crippen molar-refractivity contribution >= 4 is 12.6 Å². The maximum absolute atomic E-state index is 3.85. The van der Waals surface area contributed by atoms with E-state index in [4.69, 9.17) is 0 Å². The van der Waals surface area contributed by atoms with Crippen LogP contribution in [-0.4, -0.2) is 19.1 Å². The van der Waals surface area contributed by atoms with Crippen molar-refractivity contribution in [1.82, 2.24) is 0 Å². The van der Waals surface area contributed by atoms with Crippen LogP contribution >= 0.6 is 0 Å². The van der Waals surface area contributed by atoms with Gasteiger partial charge in [0.05, 0.1) is 0 Å². The van der Waals surface area contributed by atoms with Crippen LogP contribution < -0.4 is 0 Å². The first-order valence-electron chi connectivity index (χ1n) is 2.00. The van der Waals surface area contributed by atoms with Gasteiger partial charge in [0.2, 0.25) is 0 Å². The van der Waals surface area contributed by atoms with E-state index in [-0.39, 0.29) is 0 Å². The first-order chi connectivity index (χ1) is 3.00. The third-order valence-electron chi connectivity index (χ3n) is 0.641. The molecule has 1 heterocycles. The van der Waals surface area contributed by atoms with Crippen molar-refractivity contribution < 1.29 is 0 Å². The topological polar surface area (TPSA) is 24.7 Å². The van der Waals surface area contributed by atoms with Crippen LogP contribution in [0.25, 0.3) is 0 Å². The molecule has 6 heavy (non-hydrogen) atoms. The van der Waals surface area contributed by atoms with Crippen molar-refractivity contribution in [2.24, 2.45) is 9.98 Å². The molecule has 0 N–H and O–H groups in total. The molecule has 0 aromatic rings. The van der Waals surface area contributed by atoms with E-state index in [2.05, 4.69) is 9.98 Å². The summed E-state index contributed by atoms with van der Waals surface area (Å²) in [6.45, 7) is 0.920. The Morgan fingerprint density at radius 2 is 2.50 bits per heavy atom. The number of nitrogens with zero attached hydrogens (tertiary/aromatic N) is 2. The Bertz CT molecular complexity index is 71.5. The molecule has 0 radical (unpaired) electrons. The molecule has 0 amide bonds. The molecule has 1 rings (SSSR count). The number of rotatable bonds is 0. The summed E-state index contributed by atoms with van der Waals surface area (Å²) in [6.07, 6.45) is 4.47. The van der Waals surface area contributed by atoms with Crippen molar-refractivity contribution in [3.63, 3.8) is 0 Å². The van der Waals surface area contributed by atoms with E-state index in [9.17, 15) is 0 Å². The highest BCUT2D eigenvalue weighted by Crippen LogP contribution is 1.80. The van der Waals surface area contributed by atoms with Crippen molar-refractivity contribution in [2.75, 3.05) is 6.54 Å². The van der Waals surface area contributed by atoms with Crippen LogP contribution in [0.3, 0.4) is 0 Å². The molecule has 0 saturated heterocycles. The maximum Gasteiger partial charge on any atom is 0.109 e. The summed E-state index contributed by atoms with van der Waals surface area (Å²) in [6, 6.07) is 0. The standard InChI is InChI=1S/C4H6N2/c1-2-5-4-6-3-1/h2,4H,1,3H2. The van der Waals surface area contributed by atoms with Gasteiger partial charge in [-0.2, -0.15) is 0 Å². The summed E-state index contributed by atoms with van der Waals surface area (Å²) >= 11 is 0. The Hall–Kier alpha value is -0.660. The smallest absolute Gasteiger partial charge is 0.109 e. The Balaban J connectivity index is 2.46. The van der Waals surface area contributed by atoms with Gasteiger partial charge in [-0.1, -0.05) is 0 Å². The second kappa shape index (κ2) is 1.70. The molecule has 0 spiro atoms. The fourth-order valence-electron chi connectivity index (χ4n) is 0.359. The molecular weight excluding hydrogens is 76.1 g/mol. The zero-order chi connectivity index (χ0) is 4.24. The second-order valence-electron chi connectivity index (χ2n) is 1.14. The zero-order valence-corrected chi connectivity index (χ0v) is 3.46. The van der Waals surface area contributed by atoms with E-state index < -0.39 is 0 Å². The molecular formula is C4H6N2. The predicted octanol–water partition coefficient (Wildman–Crippen LogP) is 0.489. The summed E-state index contributed by atoms with van der Waals surface area (Å²) in [5.41, 5.74) is 0. The Morgan fingerprint density at radius 3 is 2.67 bits per heavy atom. The van der Waals surface area contributed by atoms with Gasteiger partial charge in [-0.25, -0.2) is 4.99 Å². The molecule has 1 aliphatic rings. The zero-order valence-electron chi connectivity index (χ0n) is 3.46. The first kappa shape index (κ1) is 3.53. The van der Waals surface area contributed by atoms with Crippen molar-refractivity contribution in [3.05, 3.63) is 0 Å². The van der Waals surface area contributed by atoms with E-state index in [0.29, 0.717) is 0 Å². The minimum absolute atomic E-state index is 0.920. The summed E-state index contributed by atoms with van der Waals surface area (Å²) < 4.78 is 0. The molecule has 0 aliphatic carbocycles. The second-order valence-corrected chi connectivity index (χ2v) is 1.14. The lowest BCUT2D eigenvalue weighted by Gasteiger charge is -1.88. The van der Waals surface area contributed by atoms with Crippen LogP contribution in [0.15, 0.2) is 9.98 Å². The van der Waals surface area contributed by atoms with Crippen LogP contribution in [0.4, 0.5) is 0 Å². The quantitative estimate of drug-likeness (QED) is 0.406. The Morgan fingerprint density at radius 1 is 1.50 bits per heavy atom. The fourth-order valence-corrected chi connectivity index (χ4v) is 0.359. The molecule has 1 aliphatic heterocycles. The molecule has 0 aromatic carbocycles. The first-order valence-corrected chi connectivity index (χ1v) is 2.00. The summed E-state index contributed by atoms with van der Waals surface area (Å²) in [4.78, 5) is 7.61. The van der Waals surface area contributed by atoms with Crippen molar-refractivity contribution in [2.45, 2.75) is 6.42 Å². The summed E-state index contributed by atoms with van der Waals surface area (Å²) in [5, 5.41) is 0. The van der Waals surface area contributed by atoms with E-state index in [1.807, 2.05) is 6.21 Å². The number of hydrogen-bond acceptors (Lipinski definition) is 2. The average Bonchev–Trinajstić information content (AvgIpc) is 1.72. The lowest BCUT2D eigenvalue weighted by molar-refractivity contribution is 1.04. The van der Waals surface area contributed by atoms with Crippen LogP contribution in [0.2, 0.25) is 0 Å². The average molecular weight is 82.1 g/mol. The molecule has 0 fully saturated rings. The van der Waals surface area contributed by atoms with E-state index in [1.165, 1.54) is 0 Å². The Kier molecular flexibility index (Phi) is 0.998. The molecule has 0 atom stereocenters. The molecule has 32 valence electrons. The normalized spacial score (nSPS) is 18.7. The third kappa shape index (κ3) is 0.641. The van der Waals surface area contributed by atoms with E-state index >= 15 is 0 Å².